The molecule has 0 radical (unpaired) electrons. The zero-order valence-corrected chi connectivity index (χ0v) is 17.8. The zero-order chi connectivity index (χ0) is 20.3. The maximum absolute atomic E-state index is 14.7. The predicted octanol–water partition coefficient (Wildman–Crippen LogP) is 4.84. The minimum absolute atomic E-state index is 0.00990. The summed E-state index contributed by atoms with van der Waals surface area (Å²) < 4.78 is 15.6. The number of halogens is 2. The van der Waals surface area contributed by atoms with Crippen LogP contribution in [0.3, 0.4) is 0 Å². The van der Waals surface area contributed by atoms with Gasteiger partial charge in [-0.25, -0.2) is 4.39 Å². The van der Waals surface area contributed by atoms with Gasteiger partial charge in [0.15, 0.2) is 5.78 Å². The van der Waals surface area contributed by atoms with Crippen LogP contribution in [-0.2, 0) is 0 Å². The van der Waals surface area contributed by atoms with Gasteiger partial charge < -0.3 is 9.80 Å². The highest BCUT2D eigenvalue weighted by molar-refractivity contribution is 9.10. The van der Waals surface area contributed by atoms with Gasteiger partial charge in [-0.2, -0.15) is 0 Å². The van der Waals surface area contributed by atoms with Gasteiger partial charge in [0.05, 0.1) is 5.69 Å². The molecule has 1 heterocycles. The van der Waals surface area contributed by atoms with E-state index in [1.165, 1.54) is 6.07 Å². The van der Waals surface area contributed by atoms with Crippen molar-refractivity contribution in [3.8, 4) is 0 Å². The summed E-state index contributed by atoms with van der Waals surface area (Å²) >= 11 is 3.37. The van der Waals surface area contributed by atoms with E-state index in [1.54, 1.807) is 23.1 Å². The Morgan fingerprint density at radius 1 is 1.07 bits per heavy atom. The molecule has 0 aromatic heterocycles. The molecule has 0 unspecified atom stereocenters. The van der Waals surface area contributed by atoms with Crippen LogP contribution in [0.1, 0.15) is 46.0 Å². The standard InChI is InChI=1S/C22H24BrFN2O2/c1-3-4-21(27)18-14-19(24)20(13-15(18)2)25-9-11-26(12-10-25)22(28)16-5-7-17(23)8-6-16/h5-8,13-14H,3-4,9-12H2,1-2H3. The minimum Gasteiger partial charge on any atom is -0.366 e. The molecule has 1 aliphatic rings. The van der Waals surface area contributed by atoms with E-state index in [4.69, 9.17) is 0 Å². The third-order valence-electron chi connectivity index (χ3n) is 5.07. The van der Waals surface area contributed by atoms with Gasteiger partial charge in [-0.15, -0.1) is 0 Å². The smallest absolute Gasteiger partial charge is 0.253 e. The second-order valence-electron chi connectivity index (χ2n) is 7.08. The van der Waals surface area contributed by atoms with Gasteiger partial charge in [-0.05, 0) is 55.3 Å². The van der Waals surface area contributed by atoms with Crippen LogP contribution in [0.5, 0.6) is 0 Å². The molecule has 0 N–H and O–H groups in total. The number of Topliss-reactive ketones (excluding diaryl/α,β-unsaturated/α-hetero) is 1. The average molecular weight is 447 g/mol. The lowest BCUT2D eigenvalue weighted by molar-refractivity contribution is 0.0746. The van der Waals surface area contributed by atoms with Crippen LogP contribution in [0.4, 0.5) is 10.1 Å². The topological polar surface area (TPSA) is 40.6 Å². The Kier molecular flexibility index (Phi) is 6.50. The number of anilines is 1. The number of carbonyl (C=O) groups is 2. The first-order valence-electron chi connectivity index (χ1n) is 9.54. The predicted molar refractivity (Wildman–Crippen MR) is 113 cm³/mol. The lowest BCUT2D eigenvalue weighted by Gasteiger charge is -2.36. The molecule has 6 heteroatoms. The lowest BCUT2D eigenvalue weighted by atomic mass is 10.00. The van der Waals surface area contributed by atoms with Gasteiger partial charge in [-0.3, -0.25) is 9.59 Å². The number of benzene rings is 2. The van der Waals surface area contributed by atoms with Crippen molar-refractivity contribution in [2.24, 2.45) is 0 Å². The first-order valence-corrected chi connectivity index (χ1v) is 10.3. The first-order chi connectivity index (χ1) is 13.4. The van der Waals surface area contributed by atoms with Crippen LogP contribution >= 0.6 is 15.9 Å². The molecule has 148 valence electrons. The van der Waals surface area contributed by atoms with Crippen molar-refractivity contribution in [1.82, 2.24) is 4.90 Å². The van der Waals surface area contributed by atoms with Crippen molar-refractivity contribution in [3.05, 3.63) is 63.4 Å². The van der Waals surface area contributed by atoms with E-state index in [-0.39, 0.29) is 17.5 Å². The molecule has 3 rings (SSSR count). The lowest BCUT2D eigenvalue weighted by Crippen LogP contribution is -2.49. The van der Waals surface area contributed by atoms with Crippen molar-refractivity contribution < 1.29 is 14.0 Å². The maximum atomic E-state index is 14.7. The quantitative estimate of drug-likeness (QED) is 0.616. The fourth-order valence-corrected chi connectivity index (χ4v) is 3.76. The van der Waals surface area contributed by atoms with Gasteiger partial charge in [0, 0.05) is 48.2 Å². The van der Waals surface area contributed by atoms with E-state index < -0.39 is 0 Å². The molecule has 0 bridgehead atoms. The summed E-state index contributed by atoms with van der Waals surface area (Å²) in [6.07, 6.45) is 1.17. The molecule has 1 aliphatic heterocycles. The van der Waals surface area contributed by atoms with Crippen LogP contribution in [0.15, 0.2) is 40.9 Å². The second-order valence-corrected chi connectivity index (χ2v) is 7.99. The molecule has 2 aromatic rings. The van der Waals surface area contributed by atoms with Gasteiger partial charge in [-0.1, -0.05) is 22.9 Å². The van der Waals surface area contributed by atoms with E-state index in [1.807, 2.05) is 30.9 Å². The molecule has 1 saturated heterocycles. The van der Waals surface area contributed by atoms with Crippen LogP contribution in [0.2, 0.25) is 0 Å². The number of piperazine rings is 1. The number of ketones is 1. The fraction of sp³-hybridized carbons (Fsp3) is 0.364. The van der Waals surface area contributed by atoms with Crippen molar-refractivity contribution in [3.63, 3.8) is 0 Å². The number of nitrogens with zero attached hydrogens (tertiary/aromatic N) is 2. The average Bonchev–Trinajstić information content (AvgIpc) is 2.70. The van der Waals surface area contributed by atoms with Gasteiger partial charge >= 0.3 is 0 Å². The molecule has 1 fully saturated rings. The largest absolute Gasteiger partial charge is 0.366 e. The molecule has 0 saturated carbocycles. The molecular formula is C22H24BrFN2O2. The molecule has 4 nitrogen and oxygen atoms in total. The van der Waals surface area contributed by atoms with Crippen LogP contribution in [0, 0.1) is 12.7 Å². The Balaban J connectivity index is 1.69. The highest BCUT2D eigenvalue weighted by Crippen LogP contribution is 2.26. The summed E-state index contributed by atoms with van der Waals surface area (Å²) in [5.74, 6) is -0.405. The summed E-state index contributed by atoms with van der Waals surface area (Å²) in [5, 5.41) is 0. The van der Waals surface area contributed by atoms with Crippen molar-refractivity contribution >= 4 is 33.3 Å². The number of amides is 1. The summed E-state index contributed by atoms with van der Waals surface area (Å²) in [7, 11) is 0. The van der Waals surface area contributed by atoms with Gasteiger partial charge in [0.1, 0.15) is 5.82 Å². The number of hydrogen-bond donors (Lipinski definition) is 0. The van der Waals surface area contributed by atoms with Crippen LogP contribution < -0.4 is 4.90 Å². The number of aryl methyl sites for hydroxylation is 1. The molecule has 2 aromatic carbocycles. The monoisotopic (exact) mass is 446 g/mol. The van der Waals surface area contributed by atoms with E-state index in [0.29, 0.717) is 49.4 Å². The third-order valence-corrected chi connectivity index (χ3v) is 5.60. The highest BCUT2D eigenvalue weighted by Gasteiger charge is 2.24. The Morgan fingerprint density at radius 3 is 2.32 bits per heavy atom. The van der Waals surface area contributed by atoms with E-state index in [0.717, 1.165) is 16.5 Å². The van der Waals surface area contributed by atoms with Crippen molar-refractivity contribution in [2.45, 2.75) is 26.7 Å². The van der Waals surface area contributed by atoms with Crippen molar-refractivity contribution in [2.75, 3.05) is 31.1 Å². The zero-order valence-electron chi connectivity index (χ0n) is 16.2. The number of carbonyl (C=O) groups excluding carboxylic acids is 2. The summed E-state index contributed by atoms with van der Waals surface area (Å²) in [6, 6.07) is 10.4. The highest BCUT2D eigenvalue weighted by atomic mass is 79.9. The first kappa shape index (κ1) is 20.5. The molecule has 0 spiro atoms. The Morgan fingerprint density at radius 2 is 1.71 bits per heavy atom. The molecule has 0 aliphatic carbocycles. The normalized spacial score (nSPS) is 14.3. The van der Waals surface area contributed by atoms with Crippen LogP contribution in [0.25, 0.3) is 0 Å². The number of rotatable bonds is 5. The SMILES string of the molecule is CCCC(=O)c1cc(F)c(N2CCN(C(=O)c3ccc(Br)cc3)CC2)cc1C. The van der Waals surface area contributed by atoms with E-state index in [2.05, 4.69) is 15.9 Å². The molecule has 28 heavy (non-hydrogen) atoms. The Labute approximate surface area is 173 Å². The minimum atomic E-state index is -0.377. The number of hydrogen-bond acceptors (Lipinski definition) is 3. The maximum Gasteiger partial charge on any atom is 0.253 e. The van der Waals surface area contributed by atoms with Gasteiger partial charge in [0.25, 0.3) is 5.91 Å². The Bertz CT molecular complexity index is 875. The molecule has 0 atom stereocenters. The van der Waals surface area contributed by atoms with Crippen LogP contribution in [-0.4, -0.2) is 42.8 Å². The molecule has 1 amide bonds. The second kappa shape index (κ2) is 8.86. The summed E-state index contributed by atoms with van der Waals surface area (Å²) in [4.78, 5) is 28.5. The van der Waals surface area contributed by atoms with E-state index in [9.17, 15) is 14.0 Å². The van der Waals surface area contributed by atoms with Gasteiger partial charge in [0.2, 0.25) is 0 Å². The third kappa shape index (κ3) is 4.43. The fourth-order valence-electron chi connectivity index (χ4n) is 3.50. The Hall–Kier alpha value is -2.21. The van der Waals surface area contributed by atoms with Crippen molar-refractivity contribution in [1.29, 1.82) is 0 Å². The van der Waals surface area contributed by atoms with E-state index >= 15 is 0 Å². The summed E-state index contributed by atoms with van der Waals surface area (Å²) in [6.45, 7) is 5.96. The molecular weight excluding hydrogens is 423 g/mol. The summed E-state index contributed by atoms with van der Waals surface area (Å²) in [5.41, 5.74) is 2.41.